The minimum Gasteiger partial charge on any atom is -0.399 e. The van der Waals surface area contributed by atoms with E-state index in [0.717, 1.165) is 42.9 Å². The van der Waals surface area contributed by atoms with Gasteiger partial charge in [0.2, 0.25) is 5.75 Å². The summed E-state index contributed by atoms with van der Waals surface area (Å²) in [5, 5.41) is 0.397. The van der Waals surface area contributed by atoms with E-state index in [-0.39, 0.29) is 5.39 Å². The molecule has 31 heavy (non-hydrogen) atoms. The van der Waals surface area contributed by atoms with Crippen molar-refractivity contribution >= 4 is 10.8 Å². The van der Waals surface area contributed by atoms with Gasteiger partial charge in [-0.05, 0) is 71.5 Å². The average Bonchev–Trinajstić information content (AvgIpc) is 2.68. The molecule has 0 amide bonds. The summed E-state index contributed by atoms with van der Waals surface area (Å²) in [5.41, 5.74) is 0.666. The van der Waals surface area contributed by atoms with Gasteiger partial charge in [-0.2, -0.15) is 0 Å². The van der Waals surface area contributed by atoms with Gasteiger partial charge in [0.25, 0.3) is 0 Å². The summed E-state index contributed by atoms with van der Waals surface area (Å²) < 4.78 is 98.6. The summed E-state index contributed by atoms with van der Waals surface area (Å²) >= 11 is 0. The SMILES string of the molecule is CCC1CCc2cc3c(F)c(-c4cc(F)c(OC(F)(F)F)c(F)c4)c(F)cc3cc2C1. The largest absolute Gasteiger partial charge is 0.573 e. The topological polar surface area (TPSA) is 9.23 Å². The van der Waals surface area contributed by atoms with Gasteiger partial charge in [0.05, 0.1) is 5.56 Å². The molecule has 0 aromatic heterocycles. The van der Waals surface area contributed by atoms with E-state index in [4.69, 9.17) is 0 Å². The number of ether oxygens (including phenoxy) is 1. The van der Waals surface area contributed by atoms with Crippen LogP contribution in [0.3, 0.4) is 0 Å². The monoisotopic (exact) mass is 442 g/mol. The zero-order chi connectivity index (χ0) is 22.5. The van der Waals surface area contributed by atoms with Crippen LogP contribution in [0.2, 0.25) is 0 Å². The van der Waals surface area contributed by atoms with Crippen LogP contribution in [-0.4, -0.2) is 6.36 Å². The van der Waals surface area contributed by atoms with Crippen molar-refractivity contribution in [1.82, 2.24) is 0 Å². The smallest absolute Gasteiger partial charge is 0.399 e. The first-order valence-electron chi connectivity index (χ1n) is 9.76. The molecule has 0 radical (unpaired) electrons. The normalized spacial score (nSPS) is 16.5. The maximum atomic E-state index is 15.3. The van der Waals surface area contributed by atoms with E-state index >= 15 is 4.39 Å². The fourth-order valence-electron chi connectivity index (χ4n) is 4.19. The Balaban J connectivity index is 1.83. The second kappa shape index (κ2) is 7.73. The van der Waals surface area contributed by atoms with Crippen LogP contribution < -0.4 is 4.74 Å². The van der Waals surface area contributed by atoms with Crippen LogP contribution in [0.5, 0.6) is 5.75 Å². The predicted molar refractivity (Wildman–Crippen MR) is 102 cm³/mol. The van der Waals surface area contributed by atoms with Gasteiger partial charge >= 0.3 is 6.36 Å². The van der Waals surface area contributed by atoms with E-state index < -0.39 is 46.5 Å². The Kier molecular flexibility index (Phi) is 5.35. The second-order valence-electron chi connectivity index (χ2n) is 7.72. The molecule has 1 atom stereocenters. The Bertz CT molecular complexity index is 1140. The van der Waals surface area contributed by atoms with Crippen molar-refractivity contribution in [3.63, 3.8) is 0 Å². The van der Waals surface area contributed by atoms with Crippen molar-refractivity contribution in [3.05, 3.63) is 64.7 Å². The zero-order valence-corrected chi connectivity index (χ0v) is 16.3. The number of rotatable bonds is 3. The molecule has 1 nitrogen and oxygen atoms in total. The molecule has 0 spiro atoms. The third-order valence-corrected chi connectivity index (χ3v) is 5.76. The van der Waals surface area contributed by atoms with Gasteiger partial charge in [-0.1, -0.05) is 19.4 Å². The molecule has 0 bridgehead atoms. The standard InChI is InChI=1S/C23H17F7O/c1-2-11-3-4-12-7-16-14(6-13(12)5-11)8-17(24)20(21(16)27)15-9-18(25)22(19(26)10-15)31-23(28,29)30/h6-11H,2-5H2,1H3. The fourth-order valence-corrected chi connectivity index (χ4v) is 4.19. The van der Waals surface area contributed by atoms with Crippen LogP contribution in [0.15, 0.2) is 30.3 Å². The second-order valence-corrected chi connectivity index (χ2v) is 7.72. The van der Waals surface area contributed by atoms with Crippen LogP contribution in [0.4, 0.5) is 30.7 Å². The first-order valence-corrected chi connectivity index (χ1v) is 9.76. The number of hydrogen-bond acceptors (Lipinski definition) is 1. The average molecular weight is 442 g/mol. The molecule has 3 aromatic carbocycles. The maximum Gasteiger partial charge on any atom is 0.573 e. The molecule has 1 aliphatic rings. The van der Waals surface area contributed by atoms with Crippen LogP contribution in [0.1, 0.15) is 30.9 Å². The molecule has 0 aliphatic heterocycles. The van der Waals surface area contributed by atoms with E-state index in [1.165, 1.54) is 0 Å². The molecule has 164 valence electrons. The van der Waals surface area contributed by atoms with Crippen LogP contribution in [0, 0.1) is 29.2 Å². The van der Waals surface area contributed by atoms with Gasteiger partial charge in [0, 0.05) is 5.39 Å². The maximum absolute atomic E-state index is 15.3. The van der Waals surface area contributed by atoms with Crippen LogP contribution >= 0.6 is 0 Å². The first kappa shape index (κ1) is 21.5. The van der Waals surface area contributed by atoms with Crippen molar-refractivity contribution in [1.29, 1.82) is 0 Å². The molecule has 0 saturated heterocycles. The van der Waals surface area contributed by atoms with Crippen LogP contribution in [0.25, 0.3) is 21.9 Å². The quantitative estimate of drug-likeness (QED) is 0.382. The van der Waals surface area contributed by atoms with Crippen molar-refractivity contribution in [2.45, 2.75) is 39.0 Å². The van der Waals surface area contributed by atoms with E-state index in [2.05, 4.69) is 11.7 Å². The summed E-state index contributed by atoms with van der Waals surface area (Å²) in [5.74, 6) is -6.72. The molecular formula is C23H17F7O. The molecule has 4 rings (SSSR count). The van der Waals surface area contributed by atoms with Gasteiger partial charge in [0.1, 0.15) is 11.6 Å². The van der Waals surface area contributed by atoms with Crippen molar-refractivity contribution in [3.8, 4) is 16.9 Å². The molecular weight excluding hydrogens is 425 g/mol. The lowest BCUT2D eigenvalue weighted by Crippen LogP contribution is -2.19. The molecule has 8 heteroatoms. The van der Waals surface area contributed by atoms with E-state index in [1.807, 2.05) is 0 Å². The van der Waals surface area contributed by atoms with Gasteiger partial charge in [-0.15, -0.1) is 13.2 Å². The number of fused-ring (bicyclic) bond motifs is 2. The number of alkyl halides is 3. The summed E-state index contributed by atoms with van der Waals surface area (Å²) in [6.45, 7) is 2.09. The Labute approximate surface area is 173 Å². The highest BCUT2D eigenvalue weighted by Crippen LogP contribution is 2.38. The Morgan fingerprint density at radius 1 is 0.903 bits per heavy atom. The van der Waals surface area contributed by atoms with E-state index in [9.17, 15) is 26.3 Å². The van der Waals surface area contributed by atoms with Gasteiger partial charge in [-0.3, -0.25) is 0 Å². The summed E-state index contributed by atoms with van der Waals surface area (Å²) in [4.78, 5) is 0. The van der Waals surface area contributed by atoms with Crippen LogP contribution in [-0.2, 0) is 12.8 Å². The third-order valence-electron chi connectivity index (χ3n) is 5.76. The summed E-state index contributed by atoms with van der Waals surface area (Å²) in [7, 11) is 0. The predicted octanol–water partition coefficient (Wildman–Crippen LogP) is 7.48. The zero-order valence-electron chi connectivity index (χ0n) is 16.3. The molecule has 0 fully saturated rings. The number of hydrogen-bond donors (Lipinski definition) is 0. The number of aryl methyl sites for hydroxylation is 1. The minimum absolute atomic E-state index is 0.0848. The number of benzene rings is 3. The Hall–Kier alpha value is -2.77. The Morgan fingerprint density at radius 2 is 1.58 bits per heavy atom. The summed E-state index contributed by atoms with van der Waals surface area (Å²) in [6.07, 6.45) is -1.82. The molecule has 0 N–H and O–H groups in total. The first-order chi connectivity index (χ1) is 14.6. The highest BCUT2D eigenvalue weighted by atomic mass is 19.4. The highest BCUT2D eigenvalue weighted by Gasteiger charge is 2.34. The summed E-state index contributed by atoms with van der Waals surface area (Å²) in [6, 6.07) is 5.25. The molecule has 0 heterocycles. The van der Waals surface area contributed by atoms with E-state index in [0.29, 0.717) is 23.4 Å². The van der Waals surface area contributed by atoms with Crippen molar-refractivity contribution in [2.75, 3.05) is 0 Å². The lowest BCUT2D eigenvalue weighted by molar-refractivity contribution is -0.276. The lowest BCUT2D eigenvalue weighted by Gasteiger charge is -2.24. The lowest BCUT2D eigenvalue weighted by atomic mass is 9.81. The molecule has 1 aliphatic carbocycles. The van der Waals surface area contributed by atoms with Gasteiger partial charge in [-0.25, -0.2) is 17.6 Å². The van der Waals surface area contributed by atoms with Gasteiger partial charge < -0.3 is 4.74 Å². The van der Waals surface area contributed by atoms with Crippen molar-refractivity contribution < 1.29 is 35.5 Å². The molecule has 1 unspecified atom stereocenters. The van der Waals surface area contributed by atoms with Gasteiger partial charge in [0.15, 0.2) is 11.6 Å². The molecule has 0 saturated carbocycles. The molecule has 3 aromatic rings. The van der Waals surface area contributed by atoms with E-state index in [1.54, 1.807) is 12.1 Å². The highest BCUT2D eigenvalue weighted by molar-refractivity contribution is 5.90. The van der Waals surface area contributed by atoms with Crippen molar-refractivity contribution in [2.24, 2.45) is 5.92 Å². The Morgan fingerprint density at radius 3 is 2.19 bits per heavy atom. The fraction of sp³-hybridized carbons (Fsp3) is 0.304. The minimum atomic E-state index is -5.32. The number of halogens is 7. The third kappa shape index (κ3) is 4.07.